The van der Waals surface area contributed by atoms with Crippen LogP contribution in [-0.2, 0) is 23.8 Å². The van der Waals surface area contributed by atoms with E-state index in [0.29, 0.717) is 19.3 Å². The van der Waals surface area contributed by atoms with Crippen molar-refractivity contribution in [3.05, 3.63) is 36.5 Å². The quantitative estimate of drug-likeness (QED) is 0.0196. The summed E-state index contributed by atoms with van der Waals surface area (Å²) in [5.74, 6) is -1.26. The first-order chi connectivity index (χ1) is 32.7. The number of hydrogen-bond acceptors (Lipinski definition) is 10. The normalized spacial score (nSPS) is 20.3. The lowest BCUT2D eigenvalue weighted by Crippen LogP contribution is -2.61. The van der Waals surface area contributed by atoms with Gasteiger partial charge in [0.1, 0.15) is 24.4 Å². The molecule has 8 atom stereocenters. The van der Waals surface area contributed by atoms with Crippen LogP contribution in [-0.4, -0.2) is 99.6 Å². The van der Waals surface area contributed by atoms with E-state index >= 15 is 0 Å². The fourth-order valence-electron chi connectivity index (χ4n) is 8.59. The van der Waals surface area contributed by atoms with Crippen molar-refractivity contribution in [2.24, 2.45) is 0 Å². The Kier molecular flexibility index (Phi) is 42.3. The average molecular weight is 950 g/mol. The largest absolute Gasteiger partial charge is 0.454 e. The van der Waals surface area contributed by atoms with E-state index in [-0.39, 0.29) is 13.0 Å². The SMILES string of the molecule is CCCCCCCC/C=C\C/C=C/CCC(=O)OC1C(OCC(NC(=O)C(O)CCCCCCCCCCCCCC)C(O)/C=C/CCCCCCCCCCCCC)OC(CO)C(O)C1O. The molecule has 0 aromatic rings. The molecule has 67 heavy (non-hydrogen) atoms. The Balaban J connectivity index is 2.80. The molecule has 1 aliphatic rings. The lowest BCUT2D eigenvalue weighted by atomic mass is 9.99. The zero-order chi connectivity index (χ0) is 49.0. The molecule has 1 saturated heterocycles. The lowest BCUT2D eigenvalue weighted by molar-refractivity contribution is -0.305. The Bertz CT molecular complexity index is 1230. The number of aliphatic hydroxyl groups is 5. The highest BCUT2D eigenvalue weighted by Gasteiger charge is 2.47. The highest BCUT2D eigenvalue weighted by atomic mass is 16.7. The summed E-state index contributed by atoms with van der Waals surface area (Å²) >= 11 is 0. The fourth-order valence-corrected chi connectivity index (χ4v) is 8.59. The predicted octanol–water partition coefficient (Wildman–Crippen LogP) is 11.9. The summed E-state index contributed by atoms with van der Waals surface area (Å²) in [4.78, 5) is 26.3. The van der Waals surface area contributed by atoms with E-state index in [4.69, 9.17) is 14.2 Å². The summed E-state index contributed by atoms with van der Waals surface area (Å²) in [7, 11) is 0. The number of rotatable bonds is 46. The molecule has 392 valence electrons. The average Bonchev–Trinajstić information content (AvgIpc) is 3.32. The Morgan fingerprint density at radius 2 is 1.03 bits per heavy atom. The predicted molar refractivity (Wildman–Crippen MR) is 274 cm³/mol. The van der Waals surface area contributed by atoms with Gasteiger partial charge in [-0.1, -0.05) is 231 Å². The van der Waals surface area contributed by atoms with E-state index in [2.05, 4.69) is 38.2 Å². The second kappa shape index (κ2) is 45.0. The molecule has 1 rings (SSSR count). The highest BCUT2D eigenvalue weighted by Crippen LogP contribution is 2.26. The van der Waals surface area contributed by atoms with Gasteiger partial charge in [-0.05, 0) is 44.9 Å². The summed E-state index contributed by atoms with van der Waals surface area (Å²) in [5.41, 5.74) is 0. The molecule has 8 unspecified atom stereocenters. The van der Waals surface area contributed by atoms with E-state index < -0.39 is 67.4 Å². The van der Waals surface area contributed by atoms with Crippen molar-refractivity contribution >= 4 is 11.9 Å². The number of ether oxygens (including phenoxy) is 3. The summed E-state index contributed by atoms with van der Waals surface area (Å²) in [5, 5.41) is 56.6. The second-order valence-electron chi connectivity index (χ2n) is 19.3. The molecule has 0 radical (unpaired) electrons. The molecular weight excluding hydrogens is 847 g/mol. The third-order valence-corrected chi connectivity index (χ3v) is 13.1. The minimum atomic E-state index is -1.63. The van der Waals surface area contributed by atoms with E-state index in [1.54, 1.807) is 6.08 Å². The number of carbonyl (C=O) groups is 2. The van der Waals surface area contributed by atoms with E-state index in [1.165, 1.54) is 148 Å². The topological polar surface area (TPSA) is 175 Å². The van der Waals surface area contributed by atoms with Gasteiger partial charge >= 0.3 is 5.97 Å². The first-order valence-corrected chi connectivity index (χ1v) is 27.8. The molecule has 0 bridgehead atoms. The Morgan fingerprint density at radius 1 is 0.582 bits per heavy atom. The van der Waals surface area contributed by atoms with Gasteiger partial charge in [0.05, 0.1) is 25.4 Å². The highest BCUT2D eigenvalue weighted by molar-refractivity contribution is 5.80. The van der Waals surface area contributed by atoms with Gasteiger partial charge in [0.25, 0.3) is 0 Å². The van der Waals surface area contributed by atoms with Crippen LogP contribution in [0, 0.1) is 0 Å². The van der Waals surface area contributed by atoms with Crippen molar-refractivity contribution < 1.29 is 49.3 Å². The molecular formula is C56H103NO10. The van der Waals surface area contributed by atoms with Crippen LogP contribution in [0.15, 0.2) is 36.5 Å². The number of aliphatic hydroxyl groups excluding tert-OH is 5. The number of hydrogen-bond donors (Lipinski definition) is 6. The van der Waals surface area contributed by atoms with Gasteiger partial charge in [-0.2, -0.15) is 0 Å². The van der Waals surface area contributed by atoms with Crippen LogP contribution in [0.4, 0.5) is 0 Å². The van der Waals surface area contributed by atoms with Crippen LogP contribution >= 0.6 is 0 Å². The maximum absolute atomic E-state index is 13.3. The van der Waals surface area contributed by atoms with Gasteiger partial charge < -0.3 is 45.1 Å². The van der Waals surface area contributed by atoms with Crippen molar-refractivity contribution in [3.8, 4) is 0 Å². The molecule has 11 heteroatoms. The zero-order valence-electron chi connectivity index (χ0n) is 43.0. The monoisotopic (exact) mass is 950 g/mol. The van der Waals surface area contributed by atoms with Gasteiger partial charge in [0.15, 0.2) is 12.4 Å². The molecule has 1 heterocycles. The maximum atomic E-state index is 13.3. The van der Waals surface area contributed by atoms with E-state index in [1.807, 2.05) is 18.2 Å². The number of unbranched alkanes of at least 4 members (excludes halogenated alkanes) is 28. The second-order valence-corrected chi connectivity index (χ2v) is 19.3. The van der Waals surface area contributed by atoms with Gasteiger partial charge in [0.2, 0.25) is 5.91 Å². The number of esters is 1. The minimum absolute atomic E-state index is 0.0197. The van der Waals surface area contributed by atoms with Gasteiger partial charge in [-0.3, -0.25) is 9.59 Å². The summed E-state index contributed by atoms with van der Waals surface area (Å²) in [6.07, 6.45) is 40.6. The molecule has 0 aliphatic carbocycles. The third-order valence-electron chi connectivity index (χ3n) is 13.1. The number of amides is 1. The Hall–Kier alpha value is -2.12. The van der Waals surface area contributed by atoms with Crippen LogP contribution in [0.25, 0.3) is 0 Å². The Labute approximate surface area is 409 Å². The van der Waals surface area contributed by atoms with Gasteiger partial charge in [-0.25, -0.2) is 0 Å². The fraction of sp³-hybridized carbons (Fsp3) is 0.857. The minimum Gasteiger partial charge on any atom is -0.454 e. The van der Waals surface area contributed by atoms with Crippen molar-refractivity contribution in [1.82, 2.24) is 5.32 Å². The summed E-state index contributed by atoms with van der Waals surface area (Å²) in [6, 6.07) is -1.03. The van der Waals surface area contributed by atoms with Gasteiger partial charge in [-0.15, -0.1) is 0 Å². The Morgan fingerprint density at radius 3 is 1.52 bits per heavy atom. The van der Waals surface area contributed by atoms with E-state index in [9.17, 15) is 35.1 Å². The first-order valence-electron chi connectivity index (χ1n) is 27.8. The van der Waals surface area contributed by atoms with Crippen LogP contribution in [0.2, 0.25) is 0 Å². The molecule has 1 aliphatic heterocycles. The van der Waals surface area contributed by atoms with Crippen molar-refractivity contribution in [1.29, 1.82) is 0 Å². The molecule has 0 saturated carbocycles. The maximum Gasteiger partial charge on any atom is 0.306 e. The molecule has 6 N–H and O–H groups in total. The van der Waals surface area contributed by atoms with Crippen LogP contribution in [0.1, 0.15) is 245 Å². The zero-order valence-corrected chi connectivity index (χ0v) is 43.0. The van der Waals surface area contributed by atoms with Crippen molar-refractivity contribution in [3.63, 3.8) is 0 Å². The molecule has 0 spiro atoms. The van der Waals surface area contributed by atoms with E-state index in [0.717, 1.165) is 51.4 Å². The molecule has 1 fully saturated rings. The number of allylic oxidation sites excluding steroid dienone is 5. The summed E-state index contributed by atoms with van der Waals surface area (Å²) in [6.45, 7) is 5.73. The standard InChI is InChI=1S/C56H103NO10/c1-4-7-10-13-16-19-22-25-28-30-33-36-39-42-48(59)47(57-55(64)49(60)43-40-37-34-31-27-24-21-18-15-12-9-6-3)46-65-56-54(53(63)52(62)50(45-58)66-56)67-51(61)44-41-38-35-32-29-26-23-20-17-14-11-8-5-2/h26,29,35,38-39,42,47-50,52-54,56,58-60,62-63H,4-25,27-28,30-34,36-37,40-41,43-46H2,1-3H3,(H,57,64)/b29-26-,38-35+,42-39+. The van der Waals surface area contributed by atoms with Gasteiger partial charge in [0, 0.05) is 6.42 Å². The van der Waals surface area contributed by atoms with Crippen molar-refractivity contribution in [2.45, 2.75) is 294 Å². The smallest absolute Gasteiger partial charge is 0.306 e. The summed E-state index contributed by atoms with van der Waals surface area (Å²) < 4.78 is 17.5. The lowest BCUT2D eigenvalue weighted by Gasteiger charge is -2.41. The first kappa shape index (κ1) is 62.9. The number of carbonyl (C=O) groups excluding carboxylic acids is 2. The molecule has 0 aromatic carbocycles. The van der Waals surface area contributed by atoms with Crippen LogP contribution in [0.5, 0.6) is 0 Å². The molecule has 1 amide bonds. The molecule has 11 nitrogen and oxygen atoms in total. The molecule has 0 aromatic heterocycles. The van der Waals surface area contributed by atoms with Crippen LogP contribution < -0.4 is 5.32 Å². The third kappa shape index (κ3) is 34.0. The number of nitrogens with one attached hydrogen (secondary N) is 1. The van der Waals surface area contributed by atoms with Crippen molar-refractivity contribution in [2.75, 3.05) is 13.2 Å². The van der Waals surface area contributed by atoms with Crippen LogP contribution in [0.3, 0.4) is 0 Å².